The fourth-order valence-corrected chi connectivity index (χ4v) is 2.27. The van der Waals surface area contributed by atoms with E-state index in [0.29, 0.717) is 12.4 Å². The molecule has 4 heteroatoms. The highest BCUT2D eigenvalue weighted by molar-refractivity contribution is 5.76. The molecule has 0 aliphatic rings. The van der Waals surface area contributed by atoms with Crippen molar-refractivity contribution in [2.45, 2.75) is 6.10 Å². The van der Waals surface area contributed by atoms with Crippen molar-refractivity contribution in [1.82, 2.24) is 10.3 Å². The van der Waals surface area contributed by atoms with Crippen molar-refractivity contribution < 1.29 is 9.52 Å². The smallest absolute Gasteiger partial charge is 0.227 e. The number of hydrogen-bond acceptors (Lipinski definition) is 4. The summed E-state index contributed by atoms with van der Waals surface area (Å²) in [4.78, 5) is 4.49. The summed E-state index contributed by atoms with van der Waals surface area (Å²) in [6.07, 6.45) is -0.591. The minimum Gasteiger partial charge on any atom is -0.436 e. The quantitative estimate of drug-likeness (QED) is 0.764. The van der Waals surface area contributed by atoms with E-state index >= 15 is 0 Å². The molecule has 2 N–H and O–H groups in total. The van der Waals surface area contributed by atoms with Gasteiger partial charge in [-0.1, -0.05) is 30.3 Å². The van der Waals surface area contributed by atoms with Gasteiger partial charge in [-0.05, 0) is 30.8 Å². The number of nitrogens with one attached hydrogen (secondary N) is 1. The van der Waals surface area contributed by atoms with Crippen molar-refractivity contribution >= 4 is 11.1 Å². The highest BCUT2D eigenvalue weighted by atomic mass is 16.3. The van der Waals surface area contributed by atoms with E-state index in [1.807, 2.05) is 55.6 Å². The third-order valence-electron chi connectivity index (χ3n) is 3.24. The van der Waals surface area contributed by atoms with Crippen LogP contribution in [0.3, 0.4) is 0 Å². The van der Waals surface area contributed by atoms with Crippen molar-refractivity contribution in [2.24, 2.45) is 0 Å². The molecule has 3 rings (SSSR count). The molecule has 102 valence electrons. The van der Waals surface area contributed by atoms with Crippen LogP contribution in [-0.2, 0) is 0 Å². The molecule has 0 spiro atoms. The van der Waals surface area contributed by atoms with Crippen molar-refractivity contribution in [1.29, 1.82) is 0 Å². The van der Waals surface area contributed by atoms with Crippen LogP contribution in [-0.4, -0.2) is 23.7 Å². The highest BCUT2D eigenvalue weighted by Crippen LogP contribution is 2.29. The largest absolute Gasteiger partial charge is 0.436 e. The molecule has 1 atom stereocenters. The van der Waals surface area contributed by atoms with Gasteiger partial charge in [0.05, 0.1) is 6.10 Å². The topological polar surface area (TPSA) is 58.3 Å². The number of likely N-dealkylation sites (N-methyl/N-ethyl adjacent to an activating group) is 1. The van der Waals surface area contributed by atoms with E-state index in [9.17, 15) is 5.11 Å². The maximum atomic E-state index is 10.2. The van der Waals surface area contributed by atoms with Gasteiger partial charge in [0, 0.05) is 12.1 Å². The number of aliphatic hydroxyl groups is 1. The molecule has 0 amide bonds. The second-order valence-corrected chi connectivity index (χ2v) is 4.65. The van der Waals surface area contributed by atoms with Crippen LogP contribution in [0.2, 0.25) is 0 Å². The van der Waals surface area contributed by atoms with Crippen LogP contribution in [0, 0.1) is 0 Å². The number of benzene rings is 2. The fraction of sp³-hybridized carbons (Fsp3) is 0.188. The lowest BCUT2D eigenvalue weighted by atomic mass is 10.0. The van der Waals surface area contributed by atoms with Gasteiger partial charge in [0.2, 0.25) is 5.89 Å². The first-order chi connectivity index (χ1) is 9.79. The number of rotatable bonds is 4. The average molecular weight is 268 g/mol. The van der Waals surface area contributed by atoms with Crippen LogP contribution in [0.15, 0.2) is 52.9 Å². The normalized spacial score (nSPS) is 12.7. The summed E-state index contributed by atoms with van der Waals surface area (Å²) in [6.45, 7) is 0.483. The van der Waals surface area contributed by atoms with Crippen molar-refractivity contribution in [2.75, 3.05) is 13.6 Å². The van der Waals surface area contributed by atoms with E-state index in [-0.39, 0.29) is 0 Å². The zero-order chi connectivity index (χ0) is 13.9. The summed E-state index contributed by atoms with van der Waals surface area (Å²) < 4.78 is 5.78. The lowest BCUT2D eigenvalue weighted by Crippen LogP contribution is -2.17. The molecular weight excluding hydrogens is 252 g/mol. The number of oxazole rings is 1. The number of aliphatic hydroxyl groups excluding tert-OH is 1. The molecule has 1 unspecified atom stereocenters. The van der Waals surface area contributed by atoms with Gasteiger partial charge >= 0.3 is 0 Å². The lowest BCUT2D eigenvalue weighted by molar-refractivity contribution is 0.178. The van der Waals surface area contributed by atoms with Crippen LogP contribution in [0.5, 0.6) is 0 Å². The Balaban J connectivity index is 2.09. The Morgan fingerprint density at radius 1 is 1.15 bits per heavy atom. The van der Waals surface area contributed by atoms with E-state index in [1.54, 1.807) is 0 Å². The Morgan fingerprint density at radius 2 is 1.90 bits per heavy atom. The van der Waals surface area contributed by atoms with Crippen LogP contribution < -0.4 is 5.32 Å². The first-order valence-electron chi connectivity index (χ1n) is 6.57. The molecule has 2 aromatic carbocycles. The molecule has 0 aliphatic heterocycles. The average Bonchev–Trinajstić information content (AvgIpc) is 2.91. The molecule has 0 radical (unpaired) electrons. The van der Waals surface area contributed by atoms with Gasteiger partial charge in [0.15, 0.2) is 5.58 Å². The Bertz CT molecular complexity index is 688. The van der Waals surface area contributed by atoms with Crippen molar-refractivity contribution in [3.63, 3.8) is 0 Å². The van der Waals surface area contributed by atoms with Crippen LogP contribution >= 0.6 is 0 Å². The summed E-state index contributed by atoms with van der Waals surface area (Å²) in [7, 11) is 1.81. The standard InChI is InChI=1S/C16H16N2O2/c1-17-10-14(19)11-6-2-3-7-12(11)16-18-13-8-4-5-9-15(13)20-16/h2-9,14,17,19H,10H2,1H3. The van der Waals surface area contributed by atoms with E-state index < -0.39 is 6.10 Å². The van der Waals surface area contributed by atoms with E-state index in [1.165, 1.54) is 0 Å². The second-order valence-electron chi connectivity index (χ2n) is 4.65. The van der Waals surface area contributed by atoms with Crippen molar-refractivity contribution in [3.8, 4) is 11.5 Å². The Hall–Kier alpha value is -2.17. The monoisotopic (exact) mass is 268 g/mol. The van der Waals surface area contributed by atoms with E-state index in [4.69, 9.17) is 4.42 Å². The molecule has 1 heterocycles. The second kappa shape index (κ2) is 5.45. The zero-order valence-corrected chi connectivity index (χ0v) is 11.2. The molecule has 0 fully saturated rings. The molecule has 4 nitrogen and oxygen atoms in total. The van der Waals surface area contributed by atoms with E-state index in [2.05, 4.69) is 10.3 Å². The highest BCUT2D eigenvalue weighted by Gasteiger charge is 2.16. The summed E-state index contributed by atoms with van der Waals surface area (Å²) >= 11 is 0. The number of nitrogens with zero attached hydrogens (tertiary/aromatic N) is 1. The SMILES string of the molecule is CNCC(O)c1ccccc1-c1nc2ccccc2o1. The van der Waals surface area contributed by atoms with Gasteiger partial charge in [-0.2, -0.15) is 0 Å². The van der Waals surface area contributed by atoms with Gasteiger partial charge in [-0.25, -0.2) is 4.98 Å². The maximum Gasteiger partial charge on any atom is 0.227 e. The van der Waals surface area contributed by atoms with E-state index in [0.717, 1.165) is 22.2 Å². The van der Waals surface area contributed by atoms with Gasteiger partial charge < -0.3 is 14.8 Å². The molecular formula is C16H16N2O2. The zero-order valence-electron chi connectivity index (χ0n) is 11.2. The fourth-order valence-electron chi connectivity index (χ4n) is 2.27. The molecule has 0 saturated heterocycles. The molecule has 0 bridgehead atoms. The number of aromatic nitrogens is 1. The summed E-state index contributed by atoms with van der Waals surface area (Å²) in [5.74, 6) is 0.539. The molecule has 0 aliphatic carbocycles. The summed E-state index contributed by atoms with van der Waals surface area (Å²) in [5.41, 5.74) is 3.21. The first-order valence-corrected chi connectivity index (χ1v) is 6.57. The predicted octanol–water partition coefficient (Wildman–Crippen LogP) is 2.75. The molecule has 1 aromatic heterocycles. The Morgan fingerprint density at radius 3 is 2.70 bits per heavy atom. The van der Waals surface area contributed by atoms with Crippen LogP contribution in [0.1, 0.15) is 11.7 Å². The number of fused-ring (bicyclic) bond motifs is 1. The van der Waals surface area contributed by atoms with Crippen LogP contribution in [0.4, 0.5) is 0 Å². The van der Waals surface area contributed by atoms with Gasteiger partial charge in [-0.15, -0.1) is 0 Å². The Labute approximate surface area is 117 Å². The first kappa shape index (κ1) is 12.8. The predicted molar refractivity (Wildman–Crippen MR) is 78.3 cm³/mol. The number of para-hydroxylation sites is 2. The maximum absolute atomic E-state index is 10.2. The van der Waals surface area contributed by atoms with Crippen LogP contribution in [0.25, 0.3) is 22.6 Å². The third-order valence-corrected chi connectivity index (χ3v) is 3.24. The number of hydrogen-bond donors (Lipinski definition) is 2. The Kier molecular flexibility index (Phi) is 3.50. The molecule has 3 aromatic rings. The minimum absolute atomic E-state index is 0.483. The van der Waals surface area contributed by atoms with Crippen molar-refractivity contribution in [3.05, 3.63) is 54.1 Å². The molecule has 0 saturated carbocycles. The summed E-state index contributed by atoms with van der Waals surface area (Å²) in [5, 5.41) is 13.2. The minimum atomic E-state index is -0.591. The van der Waals surface area contributed by atoms with Gasteiger partial charge in [0.25, 0.3) is 0 Å². The lowest BCUT2D eigenvalue weighted by Gasteiger charge is -2.13. The summed E-state index contributed by atoms with van der Waals surface area (Å²) in [6, 6.07) is 15.3. The van der Waals surface area contributed by atoms with Gasteiger partial charge in [-0.3, -0.25) is 0 Å². The third kappa shape index (κ3) is 2.31. The van der Waals surface area contributed by atoms with Gasteiger partial charge in [0.1, 0.15) is 5.52 Å². The molecule has 20 heavy (non-hydrogen) atoms.